The molecule has 2 amide bonds. The van der Waals surface area contributed by atoms with Crippen molar-refractivity contribution in [1.29, 1.82) is 0 Å². The Morgan fingerprint density at radius 3 is 1.95 bits per heavy atom. The van der Waals surface area contributed by atoms with Crippen molar-refractivity contribution in [3.05, 3.63) is 64.4 Å². The maximum Gasteiger partial charge on any atom is 0.416 e. The number of alkyl halides is 3. The van der Waals surface area contributed by atoms with Crippen LogP contribution in [0.15, 0.2) is 42.6 Å². The molecule has 37 heavy (non-hydrogen) atoms. The molecule has 0 aliphatic heterocycles. The SMILES string of the molecule is NCCCCCCCCCCCCNC(=O)C(NC(=O)c1ccc(C(F)(F)F)cc1)c1ccc(Cl)nc1. The van der Waals surface area contributed by atoms with Crippen molar-refractivity contribution in [1.82, 2.24) is 15.6 Å². The van der Waals surface area contributed by atoms with E-state index in [1.165, 1.54) is 44.4 Å². The number of amides is 2. The van der Waals surface area contributed by atoms with Gasteiger partial charge in [-0.1, -0.05) is 69.0 Å². The Morgan fingerprint density at radius 1 is 0.865 bits per heavy atom. The van der Waals surface area contributed by atoms with E-state index in [0.29, 0.717) is 12.1 Å². The quantitative estimate of drug-likeness (QED) is 0.174. The standard InChI is InChI=1S/C27H36ClF3N4O2/c28-23-16-13-21(19-34-23)24(35-25(36)20-11-14-22(15-12-20)27(29,30)31)26(37)33-18-10-8-6-4-2-1-3-5-7-9-17-32/h11-16,19,24H,1-10,17-18,32H2,(H,33,37)(H,35,36). The second-order valence-electron chi connectivity index (χ2n) is 9.01. The van der Waals surface area contributed by atoms with Crippen LogP contribution in [0, 0.1) is 0 Å². The van der Waals surface area contributed by atoms with Crippen LogP contribution in [-0.4, -0.2) is 29.9 Å². The summed E-state index contributed by atoms with van der Waals surface area (Å²) in [5, 5.41) is 5.67. The summed E-state index contributed by atoms with van der Waals surface area (Å²) in [7, 11) is 0. The van der Waals surface area contributed by atoms with Crippen LogP contribution in [0.2, 0.25) is 5.15 Å². The number of rotatable bonds is 16. The van der Waals surface area contributed by atoms with Crippen LogP contribution in [0.1, 0.15) is 91.7 Å². The molecule has 0 saturated heterocycles. The molecule has 4 N–H and O–H groups in total. The minimum absolute atomic E-state index is 0.00658. The van der Waals surface area contributed by atoms with Gasteiger partial charge in [0.2, 0.25) is 5.91 Å². The number of pyridine rings is 1. The summed E-state index contributed by atoms with van der Waals surface area (Å²) in [6, 6.07) is 5.81. The van der Waals surface area contributed by atoms with E-state index < -0.39 is 29.6 Å². The van der Waals surface area contributed by atoms with Crippen LogP contribution < -0.4 is 16.4 Å². The fourth-order valence-corrected chi connectivity index (χ4v) is 3.99. The fraction of sp³-hybridized carbons (Fsp3) is 0.519. The number of nitrogens with zero attached hydrogens (tertiary/aromatic N) is 1. The molecule has 0 fully saturated rings. The van der Waals surface area contributed by atoms with Crippen LogP contribution in [-0.2, 0) is 11.0 Å². The molecule has 0 saturated carbocycles. The molecule has 2 aromatic rings. The monoisotopic (exact) mass is 540 g/mol. The van der Waals surface area contributed by atoms with Gasteiger partial charge in [0.25, 0.3) is 5.91 Å². The summed E-state index contributed by atoms with van der Waals surface area (Å²) >= 11 is 5.85. The topological polar surface area (TPSA) is 97.1 Å². The van der Waals surface area contributed by atoms with Crippen molar-refractivity contribution in [3.8, 4) is 0 Å². The summed E-state index contributed by atoms with van der Waals surface area (Å²) in [5.74, 6) is -1.10. The Balaban J connectivity index is 1.83. The van der Waals surface area contributed by atoms with E-state index in [-0.39, 0.29) is 10.7 Å². The van der Waals surface area contributed by atoms with E-state index in [4.69, 9.17) is 17.3 Å². The number of nitrogens with one attached hydrogen (secondary N) is 2. The third-order valence-corrected chi connectivity index (χ3v) is 6.25. The number of aromatic nitrogens is 1. The molecule has 6 nitrogen and oxygen atoms in total. The van der Waals surface area contributed by atoms with Gasteiger partial charge in [0.15, 0.2) is 0 Å². The van der Waals surface area contributed by atoms with Gasteiger partial charge < -0.3 is 16.4 Å². The molecule has 1 heterocycles. The van der Waals surface area contributed by atoms with E-state index in [1.807, 2.05) is 0 Å². The first-order chi connectivity index (χ1) is 17.7. The summed E-state index contributed by atoms with van der Waals surface area (Å²) in [6.07, 6.45) is 8.14. The minimum atomic E-state index is -4.50. The molecular weight excluding hydrogens is 505 g/mol. The van der Waals surface area contributed by atoms with E-state index in [9.17, 15) is 22.8 Å². The van der Waals surface area contributed by atoms with E-state index in [2.05, 4.69) is 15.6 Å². The zero-order chi connectivity index (χ0) is 27.1. The second-order valence-corrected chi connectivity index (χ2v) is 9.40. The van der Waals surface area contributed by atoms with E-state index in [0.717, 1.165) is 62.9 Å². The number of carbonyl (C=O) groups is 2. The summed E-state index contributed by atoms with van der Waals surface area (Å²) in [5.41, 5.74) is 5.06. The van der Waals surface area contributed by atoms with Crippen LogP contribution >= 0.6 is 11.6 Å². The van der Waals surface area contributed by atoms with Crippen LogP contribution in [0.4, 0.5) is 13.2 Å². The molecule has 2 rings (SSSR count). The number of carbonyl (C=O) groups excluding carboxylic acids is 2. The fourth-order valence-electron chi connectivity index (χ4n) is 3.88. The lowest BCUT2D eigenvalue weighted by molar-refractivity contribution is -0.137. The summed E-state index contributed by atoms with van der Waals surface area (Å²) in [4.78, 5) is 29.6. The third-order valence-electron chi connectivity index (χ3n) is 6.03. The van der Waals surface area contributed by atoms with E-state index >= 15 is 0 Å². The van der Waals surface area contributed by atoms with Gasteiger partial charge in [-0.25, -0.2) is 4.98 Å². The zero-order valence-corrected chi connectivity index (χ0v) is 21.7. The first-order valence-electron chi connectivity index (χ1n) is 12.8. The van der Waals surface area contributed by atoms with Crippen molar-refractivity contribution >= 4 is 23.4 Å². The molecular formula is C27H36ClF3N4O2. The highest BCUT2D eigenvalue weighted by Gasteiger charge is 2.30. The molecule has 0 bridgehead atoms. The lowest BCUT2D eigenvalue weighted by Crippen LogP contribution is -2.40. The van der Waals surface area contributed by atoms with Crippen molar-refractivity contribution < 1.29 is 22.8 Å². The molecule has 204 valence electrons. The largest absolute Gasteiger partial charge is 0.416 e. The third kappa shape index (κ3) is 11.5. The van der Waals surface area contributed by atoms with Gasteiger partial charge in [-0.05, 0) is 49.7 Å². The Labute approximate surface area is 221 Å². The predicted molar refractivity (Wildman–Crippen MR) is 139 cm³/mol. The minimum Gasteiger partial charge on any atom is -0.354 e. The van der Waals surface area contributed by atoms with Gasteiger partial charge in [-0.15, -0.1) is 0 Å². The van der Waals surface area contributed by atoms with Crippen molar-refractivity contribution in [2.75, 3.05) is 13.1 Å². The molecule has 0 radical (unpaired) electrons. The molecule has 1 aromatic carbocycles. The lowest BCUT2D eigenvalue weighted by atomic mass is 10.1. The number of halogens is 4. The first-order valence-corrected chi connectivity index (χ1v) is 13.2. The maximum absolute atomic E-state index is 12.9. The Bertz CT molecular complexity index is 954. The maximum atomic E-state index is 12.9. The molecule has 10 heteroatoms. The van der Waals surface area contributed by atoms with Crippen LogP contribution in [0.3, 0.4) is 0 Å². The average Bonchev–Trinajstić information content (AvgIpc) is 2.88. The Kier molecular flexibility index (Phi) is 13.4. The van der Waals surface area contributed by atoms with Crippen LogP contribution in [0.5, 0.6) is 0 Å². The molecule has 0 spiro atoms. The Morgan fingerprint density at radius 2 is 1.43 bits per heavy atom. The van der Waals surface area contributed by atoms with Crippen molar-refractivity contribution in [2.45, 2.75) is 76.4 Å². The van der Waals surface area contributed by atoms with E-state index in [1.54, 1.807) is 6.07 Å². The molecule has 1 unspecified atom stereocenters. The predicted octanol–water partition coefficient (Wildman–Crippen LogP) is 6.20. The zero-order valence-electron chi connectivity index (χ0n) is 21.0. The summed E-state index contributed by atoms with van der Waals surface area (Å²) in [6.45, 7) is 1.21. The smallest absolute Gasteiger partial charge is 0.354 e. The first kappa shape index (κ1) is 30.6. The van der Waals surface area contributed by atoms with Gasteiger partial charge in [0.05, 0.1) is 5.56 Å². The summed E-state index contributed by atoms with van der Waals surface area (Å²) < 4.78 is 38.5. The van der Waals surface area contributed by atoms with Gasteiger partial charge in [0, 0.05) is 23.9 Å². The lowest BCUT2D eigenvalue weighted by Gasteiger charge is -2.19. The highest BCUT2D eigenvalue weighted by atomic mass is 35.5. The normalized spacial score (nSPS) is 12.2. The molecule has 0 aliphatic carbocycles. The van der Waals surface area contributed by atoms with Gasteiger partial charge >= 0.3 is 6.18 Å². The van der Waals surface area contributed by atoms with Gasteiger partial charge in [-0.3, -0.25) is 9.59 Å². The number of unbranched alkanes of at least 4 members (excludes halogenated alkanes) is 9. The van der Waals surface area contributed by atoms with Crippen molar-refractivity contribution in [2.24, 2.45) is 5.73 Å². The highest BCUT2D eigenvalue weighted by Crippen LogP contribution is 2.29. The second kappa shape index (κ2) is 16.2. The van der Waals surface area contributed by atoms with Gasteiger partial charge in [0.1, 0.15) is 11.2 Å². The number of benzene rings is 1. The number of hydrogen-bond acceptors (Lipinski definition) is 4. The molecule has 1 atom stereocenters. The highest BCUT2D eigenvalue weighted by molar-refractivity contribution is 6.29. The number of nitrogens with two attached hydrogens (primary N) is 1. The number of hydrogen-bond donors (Lipinski definition) is 3. The molecule has 1 aromatic heterocycles. The average molecular weight is 541 g/mol. The van der Waals surface area contributed by atoms with Crippen LogP contribution in [0.25, 0.3) is 0 Å². The van der Waals surface area contributed by atoms with Gasteiger partial charge in [-0.2, -0.15) is 13.2 Å². The molecule has 0 aliphatic rings. The van der Waals surface area contributed by atoms with Crippen molar-refractivity contribution in [3.63, 3.8) is 0 Å². The Hall–Kier alpha value is -2.65.